The first-order chi connectivity index (χ1) is 12.7. The van der Waals surface area contributed by atoms with Gasteiger partial charge in [0.15, 0.2) is 5.11 Å². The number of aryl methyl sites for hydroxylation is 1. The molecule has 0 bridgehead atoms. The van der Waals surface area contributed by atoms with E-state index in [4.69, 9.17) is 51.8 Å². The van der Waals surface area contributed by atoms with Crippen LogP contribution in [0.4, 0.5) is 5.69 Å². The van der Waals surface area contributed by atoms with Crippen LogP contribution >= 0.6 is 47.0 Å². The zero-order chi connectivity index (χ0) is 20.0. The number of rotatable bonds is 5. The fourth-order valence-corrected chi connectivity index (χ4v) is 2.68. The summed E-state index contributed by atoms with van der Waals surface area (Å²) in [6, 6.07) is 14.2. The molecule has 0 aromatic heterocycles. The molecule has 9 heteroatoms. The summed E-state index contributed by atoms with van der Waals surface area (Å²) in [6.45, 7) is 1.98. The van der Waals surface area contributed by atoms with Gasteiger partial charge in [0.05, 0.1) is 7.11 Å². The molecule has 0 saturated carbocycles. The monoisotopic (exact) mass is 445 g/mol. The number of methoxy groups -OCH3 is 1. The van der Waals surface area contributed by atoms with Crippen LogP contribution in [0.1, 0.15) is 15.9 Å². The van der Waals surface area contributed by atoms with Crippen molar-refractivity contribution in [2.75, 3.05) is 12.4 Å². The summed E-state index contributed by atoms with van der Waals surface area (Å²) in [7, 11) is 1.51. The SMILES string of the molecule is COc1cccc(C(=O)N[C@H](NC(=S)Nc2ccc(C)cc2)C(Cl)(Cl)Cl)c1. The number of halogens is 3. The largest absolute Gasteiger partial charge is 0.497 e. The fraction of sp³-hybridized carbons (Fsp3) is 0.222. The molecule has 0 spiro atoms. The van der Waals surface area contributed by atoms with Crippen LogP contribution in [-0.4, -0.2) is 28.1 Å². The number of carbonyl (C=O) groups excluding carboxylic acids is 1. The molecule has 0 saturated heterocycles. The predicted octanol–water partition coefficient (Wildman–Crippen LogP) is 4.42. The number of ether oxygens (including phenoxy) is 1. The Morgan fingerprint density at radius 2 is 1.78 bits per heavy atom. The number of benzene rings is 2. The second-order valence-corrected chi connectivity index (χ2v) is 8.42. The number of alkyl halides is 3. The van der Waals surface area contributed by atoms with Gasteiger partial charge in [-0.05, 0) is 49.5 Å². The average Bonchev–Trinajstić information content (AvgIpc) is 2.62. The minimum absolute atomic E-state index is 0.195. The maximum atomic E-state index is 12.5. The highest BCUT2D eigenvalue weighted by atomic mass is 35.6. The molecule has 0 fully saturated rings. The molecule has 0 aliphatic carbocycles. The lowest BCUT2D eigenvalue weighted by Gasteiger charge is -2.27. The Labute approximate surface area is 178 Å². The smallest absolute Gasteiger partial charge is 0.253 e. The Balaban J connectivity index is 2.07. The predicted molar refractivity (Wildman–Crippen MR) is 115 cm³/mol. The summed E-state index contributed by atoms with van der Waals surface area (Å²) in [5, 5.41) is 8.60. The van der Waals surface area contributed by atoms with Crippen molar-refractivity contribution in [3.8, 4) is 5.75 Å². The lowest BCUT2D eigenvalue weighted by Crippen LogP contribution is -2.56. The zero-order valence-corrected chi connectivity index (χ0v) is 17.6. The van der Waals surface area contributed by atoms with Gasteiger partial charge in [0.1, 0.15) is 11.9 Å². The first-order valence-corrected chi connectivity index (χ1v) is 9.39. The molecular formula is C18H18Cl3N3O2S. The topological polar surface area (TPSA) is 62.4 Å². The summed E-state index contributed by atoms with van der Waals surface area (Å²) < 4.78 is 3.27. The van der Waals surface area contributed by atoms with Crippen LogP contribution in [-0.2, 0) is 0 Å². The first-order valence-electron chi connectivity index (χ1n) is 7.85. The molecular weight excluding hydrogens is 429 g/mol. The number of hydrogen-bond acceptors (Lipinski definition) is 3. The van der Waals surface area contributed by atoms with Gasteiger partial charge in [0.25, 0.3) is 5.91 Å². The summed E-state index contributed by atoms with van der Waals surface area (Å²) in [6.07, 6.45) is -1.06. The minimum Gasteiger partial charge on any atom is -0.497 e. The standard InChI is InChI=1S/C18H18Cl3N3O2S/c1-11-6-8-13(9-7-11)22-17(27)24-16(18(19,20)21)23-15(25)12-4-3-5-14(10-12)26-2/h3-10,16H,1-2H3,(H,23,25)(H2,22,24,27)/t16-/m1/s1. The molecule has 27 heavy (non-hydrogen) atoms. The summed E-state index contributed by atoms with van der Waals surface area (Å²) in [5.74, 6) is 0.0912. The van der Waals surface area contributed by atoms with Crippen LogP contribution in [0, 0.1) is 6.92 Å². The van der Waals surface area contributed by atoms with Crippen molar-refractivity contribution < 1.29 is 9.53 Å². The molecule has 2 aromatic rings. The Morgan fingerprint density at radius 1 is 1.11 bits per heavy atom. The van der Waals surface area contributed by atoms with Crippen LogP contribution in [0.3, 0.4) is 0 Å². The first kappa shape index (κ1) is 21.6. The van der Waals surface area contributed by atoms with E-state index in [9.17, 15) is 4.79 Å². The van der Waals surface area contributed by atoms with E-state index in [1.807, 2.05) is 31.2 Å². The van der Waals surface area contributed by atoms with Gasteiger partial charge in [-0.1, -0.05) is 58.6 Å². The molecule has 0 radical (unpaired) electrons. The highest BCUT2D eigenvalue weighted by Crippen LogP contribution is 2.29. The Kier molecular flexibility index (Phi) is 7.56. The molecule has 2 rings (SSSR count). The van der Waals surface area contributed by atoms with Gasteiger partial charge in [-0.2, -0.15) is 0 Å². The van der Waals surface area contributed by atoms with Crippen molar-refractivity contribution >= 4 is 63.7 Å². The molecule has 2 aromatic carbocycles. The van der Waals surface area contributed by atoms with Crippen LogP contribution < -0.4 is 20.7 Å². The van der Waals surface area contributed by atoms with Gasteiger partial charge in [-0.15, -0.1) is 0 Å². The fourth-order valence-electron chi connectivity index (χ4n) is 2.11. The number of nitrogens with one attached hydrogen (secondary N) is 3. The third-order valence-corrected chi connectivity index (χ3v) is 4.39. The summed E-state index contributed by atoms with van der Waals surface area (Å²) in [4.78, 5) is 12.5. The maximum absolute atomic E-state index is 12.5. The third-order valence-electron chi connectivity index (χ3n) is 3.52. The third kappa shape index (κ3) is 6.74. The molecule has 3 N–H and O–H groups in total. The lowest BCUT2D eigenvalue weighted by molar-refractivity contribution is 0.0934. The highest BCUT2D eigenvalue weighted by molar-refractivity contribution is 7.80. The van der Waals surface area contributed by atoms with E-state index in [2.05, 4.69) is 16.0 Å². The number of hydrogen-bond donors (Lipinski definition) is 3. The van der Waals surface area contributed by atoms with Gasteiger partial charge in [-0.3, -0.25) is 4.79 Å². The van der Waals surface area contributed by atoms with Gasteiger partial charge in [0.2, 0.25) is 3.79 Å². The van der Waals surface area contributed by atoms with Gasteiger partial charge < -0.3 is 20.7 Å². The average molecular weight is 447 g/mol. The van der Waals surface area contributed by atoms with Gasteiger partial charge >= 0.3 is 0 Å². The number of carbonyl (C=O) groups is 1. The van der Waals surface area contributed by atoms with E-state index in [0.717, 1.165) is 11.3 Å². The van der Waals surface area contributed by atoms with E-state index in [0.29, 0.717) is 11.3 Å². The van der Waals surface area contributed by atoms with Crippen molar-refractivity contribution in [2.45, 2.75) is 16.9 Å². The normalized spacial score (nSPS) is 12.0. The lowest BCUT2D eigenvalue weighted by atomic mass is 10.2. The highest BCUT2D eigenvalue weighted by Gasteiger charge is 2.35. The van der Waals surface area contributed by atoms with Crippen molar-refractivity contribution in [3.05, 3.63) is 59.7 Å². The van der Waals surface area contributed by atoms with Crippen molar-refractivity contribution in [3.63, 3.8) is 0 Å². The molecule has 144 valence electrons. The van der Waals surface area contributed by atoms with Gasteiger partial charge in [0, 0.05) is 11.3 Å². The molecule has 5 nitrogen and oxygen atoms in total. The molecule has 1 atom stereocenters. The van der Waals surface area contributed by atoms with Crippen molar-refractivity contribution in [1.29, 1.82) is 0 Å². The van der Waals surface area contributed by atoms with Crippen LogP contribution in [0.2, 0.25) is 0 Å². The molecule has 0 unspecified atom stereocenters. The van der Waals surface area contributed by atoms with E-state index in [1.165, 1.54) is 7.11 Å². The van der Waals surface area contributed by atoms with Gasteiger partial charge in [-0.25, -0.2) is 0 Å². The molecule has 0 aliphatic heterocycles. The number of anilines is 1. The van der Waals surface area contributed by atoms with Crippen LogP contribution in [0.15, 0.2) is 48.5 Å². The Bertz CT molecular complexity index is 810. The zero-order valence-electron chi connectivity index (χ0n) is 14.6. The van der Waals surface area contributed by atoms with E-state index >= 15 is 0 Å². The van der Waals surface area contributed by atoms with Crippen LogP contribution in [0.5, 0.6) is 5.75 Å². The molecule has 0 aliphatic rings. The summed E-state index contributed by atoms with van der Waals surface area (Å²) in [5.41, 5.74) is 2.23. The Morgan fingerprint density at radius 3 is 2.37 bits per heavy atom. The molecule has 0 heterocycles. The Hall–Kier alpha value is -1.73. The number of thiocarbonyl (C=S) groups is 1. The van der Waals surface area contributed by atoms with Crippen LogP contribution in [0.25, 0.3) is 0 Å². The maximum Gasteiger partial charge on any atom is 0.253 e. The van der Waals surface area contributed by atoms with Crippen molar-refractivity contribution in [1.82, 2.24) is 10.6 Å². The minimum atomic E-state index is -1.84. The van der Waals surface area contributed by atoms with E-state index < -0.39 is 15.9 Å². The van der Waals surface area contributed by atoms with E-state index in [1.54, 1.807) is 24.3 Å². The number of amides is 1. The van der Waals surface area contributed by atoms with Crippen molar-refractivity contribution in [2.24, 2.45) is 0 Å². The molecule has 1 amide bonds. The second kappa shape index (κ2) is 9.46. The van der Waals surface area contributed by atoms with E-state index in [-0.39, 0.29) is 5.11 Å². The quantitative estimate of drug-likeness (QED) is 0.361. The summed E-state index contributed by atoms with van der Waals surface area (Å²) >= 11 is 23.2. The second-order valence-electron chi connectivity index (χ2n) is 5.64.